The maximum Gasteiger partial charge on any atom is 0.514 e. The molecule has 0 radical (unpaired) electrons. The molecule has 2 fully saturated rings. The highest BCUT2D eigenvalue weighted by molar-refractivity contribution is 7.81. The average molecular weight is 1290 g/mol. The zero-order valence-electron chi connectivity index (χ0n) is 71.4. The number of methoxy groups -OCH3 is 1. The summed E-state index contributed by atoms with van der Waals surface area (Å²) in [6.07, 6.45) is -14.4. The normalized spacial score (nSPS) is 23.4. The van der Waals surface area contributed by atoms with Crippen LogP contribution >= 0.6 is 37.7 Å². The highest BCUT2D eigenvalue weighted by Gasteiger charge is 2.56. The monoisotopic (exact) mass is 1290 g/mol. The van der Waals surface area contributed by atoms with Crippen molar-refractivity contribution in [3.05, 3.63) is 94.0 Å². The van der Waals surface area contributed by atoms with E-state index in [-0.39, 0.29) is 66.9 Å². The molecule has 81 heavy (non-hydrogen) atoms. The van der Waals surface area contributed by atoms with Crippen LogP contribution in [0.3, 0.4) is 0 Å². The maximum atomic E-state index is 12.5. The second kappa shape index (κ2) is 33.4. The molecule has 0 bridgehead atoms. The van der Waals surface area contributed by atoms with Crippen LogP contribution in [0.5, 0.6) is 17.2 Å². The van der Waals surface area contributed by atoms with E-state index in [0.717, 1.165) is 47.3 Å². The van der Waals surface area contributed by atoms with Crippen LogP contribution in [0.4, 0.5) is 10.5 Å². The van der Waals surface area contributed by atoms with Gasteiger partial charge >= 0.3 is 42.0 Å². The van der Waals surface area contributed by atoms with E-state index in [4.69, 9.17) is 102 Å². The summed E-state index contributed by atoms with van der Waals surface area (Å²) < 4.78 is 188. The number of nitro groups is 1. The van der Waals surface area contributed by atoms with Gasteiger partial charge in [0.1, 0.15) is 48.8 Å². The van der Waals surface area contributed by atoms with Gasteiger partial charge in [0.15, 0.2) is 24.4 Å². The molecular formula is C52H99ClN2O24S2. The molecule has 2 saturated heterocycles. The zero-order valence-corrected chi connectivity index (χ0v) is 48.0. The Morgan fingerprint density at radius 3 is 1.57 bits per heavy atom. The molecule has 480 valence electrons. The Morgan fingerprint density at radius 1 is 0.667 bits per heavy atom. The number of carboxylic acids is 1. The summed E-state index contributed by atoms with van der Waals surface area (Å²) in [4.78, 5) is 93.2. The smallest absolute Gasteiger partial charge is 0.479 e. The van der Waals surface area contributed by atoms with Gasteiger partial charge in [-0.25, -0.2) is 14.4 Å². The SMILES string of the molecule is CC(C)(S)CCCC(=O)OCc1ccc(O[C@@H]2O[C@H](C(=O)O)[C@@H](O)[C@H](O)[C@H]2O)cc1.CC(C)(S)CCN.COC(=O)[C@H]1O[C@@H](Oc2ccc(COC(=O)Oc3ccc([N+](=O)[O-])cc3)cc2)[C@H](OC(C)=O)[C@@H](OC(C)=O)[C@@H]1OC(C)=O.Cl.[3HH].[3HH].[3H][3H].[3H][3H].[3H][3H].[3H][3H].[3H][3H].[3H][3H].[3H][3H].[3H][3H].[3H][3H].[3H][3H].[3H][3H].[3H][3H].[3H][3H]. The van der Waals surface area contributed by atoms with Crippen LogP contribution in [0.2, 0.25) is 0 Å². The van der Waals surface area contributed by atoms with Crippen LogP contribution in [-0.4, -0.2) is 152 Å². The van der Waals surface area contributed by atoms with Crippen LogP contribution < -0.4 is 19.9 Å². The van der Waals surface area contributed by atoms with Crippen LogP contribution in [-0.2, 0) is 79.9 Å². The van der Waals surface area contributed by atoms with E-state index in [2.05, 4.69) is 39.1 Å². The summed E-state index contributed by atoms with van der Waals surface area (Å²) in [5, 5.41) is 49.2. The molecular weight excluding hydrogens is 1140 g/mol. The van der Waals surface area contributed by atoms with Crippen molar-refractivity contribution in [3.63, 3.8) is 0 Å². The number of halogens is 1. The Hall–Kier alpha value is -6.50. The number of carbonyl (C=O) groups excluding carboxylic acids is 6. The number of nitrogens with two attached hydrogens (primary N) is 1. The Morgan fingerprint density at radius 2 is 1.12 bits per heavy atom. The quantitative estimate of drug-likeness (QED) is 0.0131. The fourth-order valence-corrected chi connectivity index (χ4v) is 7.37. The lowest BCUT2D eigenvalue weighted by Gasteiger charge is -2.43. The summed E-state index contributed by atoms with van der Waals surface area (Å²) in [6.45, 7) is 11.9. The van der Waals surface area contributed by atoms with Gasteiger partial charge in [-0.15, -0.1) is 12.4 Å². The second-order valence-corrected chi connectivity index (χ2v) is 21.4. The van der Waals surface area contributed by atoms with E-state index >= 15 is 0 Å². The first kappa shape index (κ1) is 51.4. The fourth-order valence-electron chi connectivity index (χ4n) is 7.08. The number of aliphatic hydroxyl groups is 3. The molecule has 0 unspecified atom stereocenters. The molecule has 0 spiro atoms. The standard InChI is InChI=1S/C27H27NO15.C20H28O9S.C5H13NS.ClH.15H2/c1-14(29)38-21-22(39-15(2)30)24(40-16(3)31)26(43-23(21)25(32)36-4)41-19-9-5-17(6-10-19)13-37-27(33)42-20-11-7-18(8-12-20)28(34)35;1-20(2,30)9-3-4-13(21)27-10-11-5-7-12(8-6-11)28-19-16(24)14(22)15(23)17(29-19)18(25)26;1-5(2,7)3-4-6;;;;;;;;;;;;;;;;/h5-12,21-24,26H,13H2,1-4H3;5-8,14-17,19,22-24,30H,3-4,9-10H2,1-2H3,(H,25,26);7H,3-4,6H2,1-2H3;16*1H/t21-,22-,23-,24+,26+;14-,15-,16+,17-,19+;;;;;;;;;;;;;;;;;/m00................./s1/i;;;;13*1+2T;2*1+2. The summed E-state index contributed by atoms with van der Waals surface area (Å²) in [6, 6.07) is 17.1. The Bertz CT molecular complexity index is 2620. The number of hydrogen-bond donors (Lipinski definition) is 7. The van der Waals surface area contributed by atoms with Crippen molar-refractivity contribution in [2.24, 2.45) is 5.73 Å². The third kappa shape index (κ3) is 25.0. The summed E-state index contributed by atoms with van der Waals surface area (Å²) in [7, 11) is 1.06. The lowest BCUT2D eigenvalue weighted by atomic mass is 9.97. The van der Waals surface area contributed by atoms with Crippen LogP contribution in [0.15, 0.2) is 72.8 Å². The van der Waals surface area contributed by atoms with Gasteiger partial charge in [0.2, 0.25) is 18.7 Å². The zero-order chi connectivity index (χ0) is 86.1. The molecule has 2 aliphatic heterocycles. The van der Waals surface area contributed by atoms with Crippen molar-refractivity contribution >= 4 is 85.3 Å². The topological polar surface area (TPSA) is 371 Å². The third-order valence-electron chi connectivity index (χ3n) is 10.9. The van der Waals surface area contributed by atoms with Gasteiger partial charge in [0.05, 0.1) is 12.0 Å². The minimum atomic E-state index is -1.78. The minimum absolute atomic E-state index is 0. The summed E-state index contributed by atoms with van der Waals surface area (Å²) in [5.74, 6) is -4.85. The first-order valence-corrected chi connectivity index (χ1v) is 25.4. The number of aliphatic hydroxyl groups excluding tert-OH is 3. The molecule has 0 saturated carbocycles. The van der Waals surface area contributed by atoms with E-state index < -0.39 is 102 Å². The van der Waals surface area contributed by atoms with Crippen molar-refractivity contribution in [1.82, 2.24) is 0 Å². The van der Waals surface area contributed by atoms with Crippen LogP contribution in [0, 0.1) is 10.1 Å². The highest BCUT2D eigenvalue weighted by atomic mass is 35.5. The molecule has 6 N–H and O–H groups in total. The number of carbonyl (C=O) groups is 7. The molecule has 0 aromatic heterocycles. The predicted molar refractivity (Wildman–Crippen MR) is 322 cm³/mol. The Kier molecular flexibility index (Phi) is 21.2. The Balaban J connectivity index is -0.0000000993. The summed E-state index contributed by atoms with van der Waals surface area (Å²) in [5.41, 5.74) is 6.29. The first-order chi connectivity index (χ1) is 50.4. The number of non-ortho nitro benzene ring substituents is 1. The maximum absolute atomic E-state index is 12.5. The van der Waals surface area contributed by atoms with Gasteiger partial charge in [-0.3, -0.25) is 29.3 Å². The van der Waals surface area contributed by atoms with Gasteiger partial charge in [0, 0.05) is 90.3 Å². The molecule has 2 heterocycles. The second-order valence-electron chi connectivity index (χ2n) is 19.0. The molecule has 0 aliphatic carbocycles. The van der Waals surface area contributed by atoms with E-state index in [1.807, 2.05) is 13.8 Å². The van der Waals surface area contributed by atoms with Gasteiger partial charge in [-0.1, -0.05) is 52.0 Å². The van der Waals surface area contributed by atoms with Gasteiger partial charge in [-0.05, 0) is 73.3 Å². The van der Waals surface area contributed by atoms with Crippen LogP contribution in [0.1, 0.15) is 127 Å². The molecule has 2 aliphatic rings. The van der Waals surface area contributed by atoms with Gasteiger partial charge < -0.3 is 78.3 Å². The number of carboxylic acid groups (broad SMARTS) is 1. The largest absolute Gasteiger partial charge is 0.514 e. The molecule has 26 nitrogen and oxygen atoms in total. The van der Waals surface area contributed by atoms with Gasteiger partial charge in [-0.2, -0.15) is 25.3 Å². The highest BCUT2D eigenvalue weighted by Crippen LogP contribution is 2.32. The van der Waals surface area contributed by atoms with Crippen molar-refractivity contribution in [2.75, 3.05) is 13.7 Å². The lowest BCUT2D eigenvalue weighted by Crippen LogP contribution is -2.64. The summed E-state index contributed by atoms with van der Waals surface area (Å²) >= 11 is 8.66. The fraction of sp³-hybridized carbons (Fsp3) is 0.519. The van der Waals surface area contributed by atoms with Crippen LogP contribution in [0.25, 0.3) is 0 Å². The number of ether oxygens (including phenoxy) is 11. The van der Waals surface area contributed by atoms with Gasteiger partial charge in [0.25, 0.3) is 5.69 Å². The number of benzene rings is 3. The first-order valence-electron chi connectivity index (χ1n) is 37.5. The predicted octanol–water partition coefficient (Wildman–Crippen LogP) is 8.42. The Labute approximate surface area is 526 Å². The van der Waals surface area contributed by atoms with E-state index in [1.165, 1.54) is 60.7 Å². The van der Waals surface area contributed by atoms with Crippen molar-refractivity contribution in [3.8, 4) is 17.2 Å². The number of nitrogens with zero attached hydrogens (tertiary/aromatic N) is 1. The third-order valence-corrected chi connectivity index (χ3v) is 11.4. The van der Waals surface area contributed by atoms with E-state index in [0.29, 0.717) is 24.0 Å². The number of hydrogen-bond acceptors (Lipinski definition) is 26. The number of nitro benzene ring substituents is 1. The lowest BCUT2D eigenvalue weighted by molar-refractivity contribution is -0.384. The van der Waals surface area contributed by atoms with E-state index in [9.17, 15) is 59.0 Å². The number of esters is 5. The van der Waals surface area contributed by atoms with Crippen molar-refractivity contribution < 1.29 is 152 Å². The number of rotatable bonds is 21. The minimum Gasteiger partial charge on any atom is -0.479 e. The van der Waals surface area contributed by atoms with Crippen molar-refractivity contribution in [1.29, 1.82) is 0 Å². The number of aliphatic carboxylic acids is 1. The average Bonchev–Trinajstić information content (AvgIpc) is 0.781. The van der Waals surface area contributed by atoms with E-state index in [1.54, 1.807) is 12.1 Å². The molecule has 3 aromatic rings. The number of thiol groups is 2. The molecule has 10 atom stereocenters. The molecule has 5 rings (SSSR count). The molecule has 3 aromatic carbocycles. The molecule has 29 heteroatoms. The molecule has 0 amide bonds. The van der Waals surface area contributed by atoms with Crippen molar-refractivity contribution in [2.45, 2.75) is 158 Å².